The number of nitrogens with one attached hydrogen (secondary N) is 1. The van der Waals surface area contributed by atoms with Gasteiger partial charge >= 0.3 is 0 Å². The number of hydrogen-bond acceptors (Lipinski definition) is 3. The molecule has 0 saturated carbocycles. The second-order valence-electron chi connectivity index (χ2n) is 2.96. The summed E-state index contributed by atoms with van der Waals surface area (Å²) in [6.45, 7) is 2.81. The molecule has 2 rings (SSSR count). The quantitative estimate of drug-likeness (QED) is 0.634. The van der Waals surface area contributed by atoms with Crippen LogP contribution in [0.3, 0.4) is 0 Å². The van der Waals surface area contributed by atoms with Gasteiger partial charge < -0.3 is 14.8 Å². The molecular weight excluding hydrogens is 142 g/mol. The molecule has 0 aromatic carbocycles. The Hall–Kier alpha value is -0.700. The summed E-state index contributed by atoms with van der Waals surface area (Å²) in [7, 11) is 0. The van der Waals surface area contributed by atoms with Crippen molar-refractivity contribution in [3.8, 4) is 0 Å². The molecule has 3 heteroatoms. The van der Waals surface area contributed by atoms with Gasteiger partial charge in [0.1, 0.15) is 18.1 Å². The van der Waals surface area contributed by atoms with Crippen LogP contribution in [0.2, 0.25) is 0 Å². The van der Waals surface area contributed by atoms with Crippen molar-refractivity contribution in [3.05, 3.63) is 12.0 Å². The molecule has 11 heavy (non-hydrogen) atoms. The minimum absolute atomic E-state index is 0.392. The van der Waals surface area contributed by atoms with Crippen molar-refractivity contribution >= 4 is 0 Å². The molecule has 2 aliphatic rings. The Bertz CT molecular complexity index is 163. The van der Waals surface area contributed by atoms with Crippen LogP contribution >= 0.6 is 0 Å². The minimum atomic E-state index is 0.392. The summed E-state index contributed by atoms with van der Waals surface area (Å²) in [4.78, 5) is 0. The molecular formula is C8H13NO2. The zero-order chi connectivity index (χ0) is 7.52. The van der Waals surface area contributed by atoms with E-state index in [1.54, 1.807) is 6.26 Å². The summed E-state index contributed by atoms with van der Waals surface area (Å²) in [5.41, 5.74) is 0. The molecule has 0 aromatic rings. The van der Waals surface area contributed by atoms with Gasteiger partial charge in [-0.3, -0.25) is 0 Å². The first-order chi connectivity index (χ1) is 5.45. The number of rotatable bonds is 2. The smallest absolute Gasteiger partial charge is 0.131 e. The topological polar surface area (TPSA) is 30.5 Å². The first kappa shape index (κ1) is 6.98. The summed E-state index contributed by atoms with van der Waals surface area (Å²) in [5, 5.41) is 3.16. The van der Waals surface area contributed by atoms with E-state index in [2.05, 4.69) is 5.32 Å². The van der Waals surface area contributed by atoms with E-state index in [1.165, 1.54) is 0 Å². The fourth-order valence-electron chi connectivity index (χ4n) is 1.19. The highest BCUT2D eigenvalue weighted by molar-refractivity contribution is 4.93. The van der Waals surface area contributed by atoms with Crippen LogP contribution in [0.5, 0.6) is 0 Å². The van der Waals surface area contributed by atoms with E-state index in [4.69, 9.17) is 9.47 Å². The average molecular weight is 155 g/mol. The highest BCUT2D eigenvalue weighted by atomic mass is 16.5. The monoisotopic (exact) mass is 155 g/mol. The van der Waals surface area contributed by atoms with Crippen molar-refractivity contribution < 1.29 is 9.47 Å². The fraction of sp³-hybridized carbons (Fsp3) is 0.750. The van der Waals surface area contributed by atoms with Crippen LogP contribution in [0.15, 0.2) is 12.0 Å². The van der Waals surface area contributed by atoms with Crippen LogP contribution in [-0.4, -0.2) is 25.8 Å². The molecule has 2 heterocycles. The van der Waals surface area contributed by atoms with E-state index in [0.29, 0.717) is 6.10 Å². The molecule has 3 nitrogen and oxygen atoms in total. The van der Waals surface area contributed by atoms with Gasteiger partial charge in [-0.1, -0.05) is 0 Å². The molecule has 1 saturated heterocycles. The van der Waals surface area contributed by atoms with Gasteiger partial charge in [-0.2, -0.15) is 0 Å². The van der Waals surface area contributed by atoms with Gasteiger partial charge in [0.2, 0.25) is 0 Å². The van der Waals surface area contributed by atoms with Gasteiger partial charge in [0.05, 0.1) is 6.61 Å². The summed E-state index contributed by atoms with van der Waals surface area (Å²) in [6.07, 6.45) is 4.27. The lowest BCUT2D eigenvalue weighted by molar-refractivity contribution is 0.0469. The lowest BCUT2D eigenvalue weighted by Gasteiger charge is -2.29. The molecule has 0 spiro atoms. The second-order valence-corrected chi connectivity index (χ2v) is 2.96. The molecule has 0 unspecified atom stereocenters. The molecule has 2 aliphatic heterocycles. The Morgan fingerprint density at radius 1 is 1.55 bits per heavy atom. The number of hydrogen-bond donors (Lipinski definition) is 1. The predicted octanol–water partition coefficient (Wildman–Crippen LogP) is 0.627. The van der Waals surface area contributed by atoms with Gasteiger partial charge in [-0.15, -0.1) is 0 Å². The van der Waals surface area contributed by atoms with Crippen molar-refractivity contribution in [1.82, 2.24) is 5.32 Å². The fourth-order valence-corrected chi connectivity index (χ4v) is 1.19. The summed E-state index contributed by atoms with van der Waals surface area (Å²) >= 11 is 0. The minimum Gasteiger partial charge on any atom is -0.498 e. The average Bonchev–Trinajstić information content (AvgIpc) is 1.99. The van der Waals surface area contributed by atoms with Gasteiger partial charge in [0.25, 0.3) is 0 Å². The van der Waals surface area contributed by atoms with Crippen LogP contribution in [0.25, 0.3) is 0 Å². The van der Waals surface area contributed by atoms with E-state index in [0.717, 1.165) is 38.3 Å². The predicted molar refractivity (Wildman–Crippen MR) is 41.0 cm³/mol. The molecule has 62 valence electrons. The maximum Gasteiger partial charge on any atom is 0.131 e. The van der Waals surface area contributed by atoms with Gasteiger partial charge in [0, 0.05) is 19.5 Å². The first-order valence-corrected chi connectivity index (χ1v) is 4.13. The van der Waals surface area contributed by atoms with Crippen LogP contribution in [0.4, 0.5) is 0 Å². The van der Waals surface area contributed by atoms with Crippen molar-refractivity contribution in [2.24, 2.45) is 0 Å². The summed E-state index contributed by atoms with van der Waals surface area (Å²) in [5.74, 6) is 1.02. The third-order valence-corrected chi connectivity index (χ3v) is 1.96. The van der Waals surface area contributed by atoms with Crippen LogP contribution < -0.4 is 5.32 Å². The third-order valence-electron chi connectivity index (χ3n) is 1.96. The lowest BCUT2D eigenvalue weighted by atomic mass is 10.2. The number of ether oxygens (including phenoxy) is 2. The van der Waals surface area contributed by atoms with Crippen molar-refractivity contribution in [3.63, 3.8) is 0 Å². The molecule has 0 atom stereocenters. The molecule has 0 radical (unpaired) electrons. The van der Waals surface area contributed by atoms with Crippen LogP contribution in [0, 0.1) is 0 Å². The van der Waals surface area contributed by atoms with E-state index in [9.17, 15) is 0 Å². The zero-order valence-corrected chi connectivity index (χ0v) is 6.51. The lowest BCUT2D eigenvalue weighted by Crippen LogP contribution is -2.48. The van der Waals surface area contributed by atoms with E-state index >= 15 is 0 Å². The molecule has 1 N–H and O–H groups in total. The standard InChI is InChI=1S/C8H13NO2/c1-2-7(6-10-3-1)11-8-4-9-5-8/h6,8-9H,1-5H2. The first-order valence-electron chi connectivity index (χ1n) is 4.13. The second kappa shape index (κ2) is 3.13. The third kappa shape index (κ3) is 1.66. The Morgan fingerprint density at radius 2 is 2.45 bits per heavy atom. The van der Waals surface area contributed by atoms with Crippen LogP contribution in [-0.2, 0) is 9.47 Å². The van der Waals surface area contributed by atoms with Crippen molar-refractivity contribution in [2.45, 2.75) is 18.9 Å². The van der Waals surface area contributed by atoms with Gasteiger partial charge in [-0.25, -0.2) is 0 Å². The Morgan fingerprint density at radius 3 is 3.00 bits per heavy atom. The van der Waals surface area contributed by atoms with Gasteiger partial charge in [-0.05, 0) is 6.42 Å². The molecule has 0 amide bonds. The summed E-state index contributed by atoms with van der Waals surface area (Å²) in [6, 6.07) is 0. The van der Waals surface area contributed by atoms with Crippen molar-refractivity contribution in [2.75, 3.05) is 19.7 Å². The van der Waals surface area contributed by atoms with Crippen LogP contribution in [0.1, 0.15) is 12.8 Å². The van der Waals surface area contributed by atoms with Crippen molar-refractivity contribution in [1.29, 1.82) is 0 Å². The molecule has 1 fully saturated rings. The van der Waals surface area contributed by atoms with E-state index in [-0.39, 0.29) is 0 Å². The molecule has 0 aromatic heterocycles. The summed E-state index contributed by atoms with van der Waals surface area (Å²) < 4.78 is 10.7. The van der Waals surface area contributed by atoms with Gasteiger partial charge in [0.15, 0.2) is 0 Å². The Kier molecular flexibility index (Phi) is 1.99. The molecule has 0 bridgehead atoms. The maximum absolute atomic E-state index is 5.60. The molecule has 0 aliphatic carbocycles. The highest BCUT2D eigenvalue weighted by Crippen LogP contribution is 2.16. The van der Waals surface area contributed by atoms with E-state index < -0.39 is 0 Å². The SMILES string of the molecule is C1=C(OC2CNC2)CCCO1. The number of allylic oxidation sites excluding steroid dienone is 1. The Balaban J connectivity index is 1.79. The zero-order valence-electron chi connectivity index (χ0n) is 6.51. The normalized spacial score (nSPS) is 24.9. The highest BCUT2D eigenvalue weighted by Gasteiger charge is 2.19. The van der Waals surface area contributed by atoms with E-state index in [1.807, 2.05) is 0 Å². The maximum atomic E-state index is 5.60. The largest absolute Gasteiger partial charge is 0.498 e. The Labute approximate surface area is 66.4 Å².